The third kappa shape index (κ3) is 2.14. The van der Waals surface area contributed by atoms with E-state index in [1.54, 1.807) is 11.3 Å². The third-order valence-corrected chi connectivity index (χ3v) is 3.69. The van der Waals surface area contributed by atoms with E-state index in [4.69, 9.17) is 17.3 Å². The molecule has 0 atom stereocenters. The van der Waals surface area contributed by atoms with Gasteiger partial charge in [-0.1, -0.05) is 17.7 Å². The normalized spacial score (nSPS) is 11.1. The molecule has 1 aromatic carbocycles. The first kappa shape index (κ1) is 10.9. The highest BCUT2D eigenvalue weighted by Crippen LogP contribution is 2.31. The van der Waals surface area contributed by atoms with Crippen LogP contribution in [0.15, 0.2) is 12.1 Å². The van der Waals surface area contributed by atoms with E-state index in [0.29, 0.717) is 6.54 Å². The van der Waals surface area contributed by atoms with Gasteiger partial charge in [0.15, 0.2) is 0 Å². The lowest BCUT2D eigenvalue weighted by Crippen LogP contribution is -2.00. The SMILES string of the molecule is Cc1nc2c(Cl)c(CCCN)ccc2s1. The van der Waals surface area contributed by atoms with Crippen LogP contribution in [0.1, 0.15) is 17.0 Å². The molecule has 1 heterocycles. The first-order valence-electron chi connectivity index (χ1n) is 4.97. The molecule has 2 N–H and O–H groups in total. The molecule has 80 valence electrons. The van der Waals surface area contributed by atoms with Gasteiger partial charge in [-0.3, -0.25) is 0 Å². The Hall–Kier alpha value is -0.640. The summed E-state index contributed by atoms with van der Waals surface area (Å²) in [6.07, 6.45) is 1.90. The maximum atomic E-state index is 6.29. The highest BCUT2D eigenvalue weighted by molar-refractivity contribution is 7.18. The van der Waals surface area contributed by atoms with Crippen LogP contribution in [0.4, 0.5) is 0 Å². The molecule has 0 spiro atoms. The first-order chi connectivity index (χ1) is 7.22. The second-order valence-corrected chi connectivity index (χ2v) is 5.12. The van der Waals surface area contributed by atoms with E-state index in [1.807, 2.05) is 6.92 Å². The van der Waals surface area contributed by atoms with Crippen molar-refractivity contribution in [1.29, 1.82) is 0 Å². The van der Waals surface area contributed by atoms with Crippen molar-refractivity contribution in [2.75, 3.05) is 6.54 Å². The molecule has 0 saturated heterocycles. The standard InChI is InChI=1S/C11H13ClN2S/c1-7-14-11-9(15-7)5-4-8(10(11)12)3-2-6-13/h4-5H,2-3,6,13H2,1H3. The third-order valence-electron chi connectivity index (χ3n) is 2.34. The molecular formula is C11H13ClN2S. The highest BCUT2D eigenvalue weighted by Gasteiger charge is 2.08. The molecule has 0 bridgehead atoms. The van der Waals surface area contributed by atoms with Gasteiger partial charge in [-0.05, 0) is 37.9 Å². The van der Waals surface area contributed by atoms with Crippen LogP contribution in [0.5, 0.6) is 0 Å². The van der Waals surface area contributed by atoms with Crippen molar-refractivity contribution in [2.24, 2.45) is 5.73 Å². The number of halogens is 1. The minimum atomic E-state index is 0.699. The Labute approximate surface area is 98.1 Å². The monoisotopic (exact) mass is 240 g/mol. The van der Waals surface area contributed by atoms with Crippen molar-refractivity contribution in [3.8, 4) is 0 Å². The molecule has 2 rings (SSSR count). The predicted octanol–water partition coefficient (Wildman–Crippen LogP) is 3.15. The van der Waals surface area contributed by atoms with E-state index in [2.05, 4.69) is 17.1 Å². The minimum absolute atomic E-state index is 0.699. The Bertz CT molecular complexity index is 479. The average molecular weight is 241 g/mol. The summed E-state index contributed by atoms with van der Waals surface area (Å²) in [5.41, 5.74) is 7.58. The fourth-order valence-electron chi connectivity index (χ4n) is 1.60. The van der Waals surface area contributed by atoms with Gasteiger partial charge in [0, 0.05) is 0 Å². The first-order valence-corrected chi connectivity index (χ1v) is 6.16. The van der Waals surface area contributed by atoms with E-state index in [-0.39, 0.29) is 0 Å². The van der Waals surface area contributed by atoms with Crippen LogP contribution in [-0.2, 0) is 6.42 Å². The molecule has 0 unspecified atom stereocenters. The van der Waals surface area contributed by atoms with Gasteiger partial charge in [0.1, 0.15) is 5.52 Å². The smallest absolute Gasteiger partial charge is 0.100 e. The van der Waals surface area contributed by atoms with Crippen LogP contribution in [0.25, 0.3) is 10.2 Å². The van der Waals surface area contributed by atoms with Crippen LogP contribution in [0, 0.1) is 6.92 Å². The molecule has 0 saturated carbocycles. The van der Waals surface area contributed by atoms with E-state index in [0.717, 1.165) is 38.7 Å². The zero-order valence-electron chi connectivity index (χ0n) is 8.59. The van der Waals surface area contributed by atoms with Crippen molar-refractivity contribution in [3.05, 3.63) is 27.7 Å². The molecule has 0 aliphatic rings. The van der Waals surface area contributed by atoms with Crippen molar-refractivity contribution >= 4 is 33.2 Å². The van der Waals surface area contributed by atoms with Crippen LogP contribution < -0.4 is 5.73 Å². The van der Waals surface area contributed by atoms with Crippen molar-refractivity contribution in [2.45, 2.75) is 19.8 Å². The number of hydrogen-bond donors (Lipinski definition) is 1. The molecule has 2 aromatic rings. The topological polar surface area (TPSA) is 38.9 Å². The summed E-state index contributed by atoms with van der Waals surface area (Å²) in [4.78, 5) is 4.44. The molecule has 0 radical (unpaired) electrons. The lowest BCUT2D eigenvalue weighted by Gasteiger charge is -2.03. The number of aryl methyl sites for hydroxylation is 2. The Morgan fingerprint density at radius 3 is 3.00 bits per heavy atom. The summed E-state index contributed by atoms with van der Waals surface area (Å²) >= 11 is 7.97. The van der Waals surface area contributed by atoms with E-state index >= 15 is 0 Å². The molecule has 0 aliphatic heterocycles. The van der Waals surface area contributed by atoms with Gasteiger partial charge in [-0.2, -0.15) is 0 Å². The number of hydrogen-bond acceptors (Lipinski definition) is 3. The Kier molecular flexibility index (Phi) is 3.24. The van der Waals surface area contributed by atoms with E-state index < -0.39 is 0 Å². The molecule has 4 heteroatoms. The van der Waals surface area contributed by atoms with Gasteiger partial charge in [-0.25, -0.2) is 4.98 Å². The van der Waals surface area contributed by atoms with Gasteiger partial charge in [0.25, 0.3) is 0 Å². The van der Waals surface area contributed by atoms with Gasteiger partial charge < -0.3 is 5.73 Å². The fourth-order valence-corrected chi connectivity index (χ4v) is 2.79. The largest absolute Gasteiger partial charge is 0.330 e. The van der Waals surface area contributed by atoms with Crippen molar-refractivity contribution in [1.82, 2.24) is 4.98 Å². The summed E-state index contributed by atoms with van der Waals surface area (Å²) in [6, 6.07) is 4.18. The van der Waals surface area contributed by atoms with Crippen LogP contribution in [0.2, 0.25) is 5.02 Å². The second kappa shape index (κ2) is 4.47. The Morgan fingerprint density at radius 1 is 1.47 bits per heavy atom. The minimum Gasteiger partial charge on any atom is -0.330 e. The summed E-state index contributed by atoms with van der Waals surface area (Å²) in [6.45, 7) is 2.70. The number of rotatable bonds is 3. The number of aromatic nitrogens is 1. The molecule has 0 amide bonds. The number of thiazole rings is 1. The molecule has 0 aliphatic carbocycles. The molecular weight excluding hydrogens is 228 g/mol. The number of nitrogens with two attached hydrogens (primary N) is 1. The molecule has 1 aromatic heterocycles. The Morgan fingerprint density at radius 2 is 2.27 bits per heavy atom. The highest BCUT2D eigenvalue weighted by atomic mass is 35.5. The number of nitrogens with zero attached hydrogens (tertiary/aromatic N) is 1. The van der Waals surface area contributed by atoms with Crippen LogP contribution >= 0.6 is 22.9 Å². The fraction of sp³-hybridized carbons (Fsp3) is 0.364. The zero-order chi connectivity index (χ0) is 10.8. The van der Waals surface area contributed by atoms with Crippen molar-refractivity contribution in [3.63, 3.8) is 0 Å². The Balaban J connectivity index is 2.45. The van der Waals surface area contributed by atoms with Gasteiger partial charge in [0.2, 0.25) is 0 Å². The van der Waals surface area contributed by atoms with E-state index in [9.17, 15) is 0 Å². The van der Waals surface area contributed by atoms with Gasteiger partial charge in [-0.15, -0.1) is 11.3 Å². The van der Waals surface area contributed by atoms with Gasteiger partial charge in [0.05, 0.1) is 14.7 Å². The molecule has 15 heavy (non-hydrogen) atoms. The van der Waals surface area contributed by atoms with Crippen molar-refractivity contribution < 1.29 is 0 Å². The second-order valence-electron chi connectivity index (χ2n) is 3.51. The lowest BCUT2D eigenvalue weighted by molar-refractivity contribution is 0.833. The lowest BCUT2D eigenvalue weighted by atomic mass is 10.1. The maximum Gasteiger partial charge on any atom is 0.100 e. The van der Waals surface area contributed by atoms with Crippen LogP contribution in [0.3, 0.4) is 0 Å². The number of benzene rings is 1. The van der Waals surface area contributed by atoms with Crippen LogP contribution in [-0.4, -0.2) is 11.5 Å². The summed E-state index contributed by atoms with van der Waals surface area (Å²) in [7, 11) is 0. The average Bonchev–Trinajstić information content (AvgIpc) is 2.59. The molecule has 2 nitrogen and oxygen atoms in total. The summed E-state index contributed by atoms with van der Waals surface area (Å²) in [5, 5.41) is 1.85. The maximum absolute atomic E-state index is 6.29. The predicted molar refractivity (Wildman–Crippen MR) is 66.7 cm³/mol. The van der Waals surface area contributed by atoms with E-state index in [1.165, 1.54) is 0 Å². The summed E-state index contributed by atoms with van der Waals surface area (Å²) in [5.74, 6) is 0. The quantitative estimate of drug-likeness (QED) is 0.895. The molecule has 0 fully saturated rings. The summed E-state index contributed by atoms with van der Waals surface area (Å²) < 4.78 is 1.16. The van der Waals surface area contributed by atoms with Gasteiger partial charge >= 0.3 is 0 Å². The number of fused-ring (bicyclic) bond motifs is 1. The zero-order valence-corrected chi connectivity index (χ0v) is 10.2.